The Balaban J connectivity index is 2.05. The van der Waals surface area contributed by atoms with E-state index in [4.69, 9.17) is 0 Å². The highest BCUT2D eigenvalue weighted by atomic mass is 19.4. The van der Waals surface area contributed by atoms with Gasteiger partial charge in [0.25, 0.3) is 0 Å². The molecule has 21 heavy (non-hydrogen) atoms. The molecular formula is C13H20F3N5. The highest BCUT2D eigenvalue weighted by molar-refractivity contribution is 5.42. The van der Waals surface area contributed by atoms with E-state index in [1.54, 1.807) is 0 Å². The zero-order valence-electron chi connectivity index (χ0n) is 12.2. The minimum Gasteiger partial charge on any atom is -0.370 e. The Hall–Kier alpha value is -1.57. The summed E-state index contributed by atoms with van der Waals surface area (Å²) in [5, 5.41) is 5.56. The summed E-state index contributed by atoms with van der Waals surface area (Å²) in [4.78, 5) is 9.69. The number of hydrogen-bond donors (Lipinski definition) is 2. The van der Waals surface area contributed by atoms with Crippen molar-refractivity contribution in [3.8, 4) is 0 Å². The summed E-state index contributed by atoms with van der Waals surface area (Å²) >= 11 is 0. The molecule has 1 saturated heterocycles. The number of likely N-dealkylation sites (tertiary alicyclic amines) is 1. The van der Waals surface area contributed by atoms with E-state index < -0.39 is 11.9 Å². The van der Waals surface area contributed by atoms with Gasteiger partial charge < -0.3 is 15.5 Å². The Kier molecular flexibility index (Phi) is 4.87. The first kappa shape index (κ1) is 15.8. The van der Waals surface area contributed by atoms with E-state index in [0.29, 0.717) is 12.5 Å². The fraction of sp³-hybridized carbons (Fsp3) is 0.692. The summed E-state index contributed by atoms with van der Waals surface area (Å²) in [6, 6.07) is 0.952. The topological polar surface area (TPSA) is 53.1 Å². The average Bonchev–Trinajstić information content (AvgIpc) is 2.44. The lowest BCUT2D eigenvalue weighted by Gasteiger charge is -2.29. The van der Waals surface area contributed by atoms with Gasteiger partial charge in [0.2, 0.25) is 5.95 Å². The van der Waals surface area contributed by atoms with Crippen molar-refractivity contribution in [2.75, 3.05) is 44.4 Å². The molecule has 2 rings (SSSR count). The second-order valence-corrected chi connectivity index (χ2v) is 5.36. The number of rotatable bonds is 4. The Bertz CT molecular complexity index is 477. The number of anilines is 2. The van der Waals surface area contributed by atoms with E-state index in [9.17, 15) is 13.2 Å². The number of piperidine rings is 1. The van der Waals surface area contributed by atoms with Gasteiger partial charge in [0.15, 0.2) is 5.69 Å². The van der Waals surface area contributed by atoms with Crippen LogP contribution in [0.5, 0.6) is 0 Å². The fourth-order valence-electron chi connectivity index (χ4n) is 2.48. The van der Waals surface area contributed by atoms with E-state index in [1.807, 2.05) is 0 Å². The van der Waals surface area contributed by atoms with Crippen LogP contribution in [0.25, 0.3) is 0 Å². The van der Waals surface area contributed by atoms with Gasteiger partial charge in [-0.25, -0.2) is 4.98 Å². The molecule has 1 aromatic heterocycles. The van der Waals surface area contributed by atoms with Crippen molar-refractivity contribution in [1.29, 1.82) is 0 Å². The molecule has 5 nitrogen and oxygen atoms in total. The third-order valence-electron chi connectivity index (χ3n) is 3.53. The predicted molar refractivity (Wildman–Crippen MR) is 75.3 cm³/mol. The molecule has 0 radical (unpaired) electrons. The largest absolute Gasteiger partial charge is 0.433 e. The van der Waals surface area contributed by atoms with Crippen LogP contribution in [0.4, 0.5) is 24.9 Å². The molecule has 0 bridgehead atoms. The first-order chi connectivity index (χ1) is 9.88. The van der Waals surface area contributed by atoms with Gasteiger partial charge in [0.05, 0.1) is 0 Å². The lowest BCUT2D eigenvalue weighted by Crippen LogP contribution is -2.35. The molecule has 1 fully saturated rings. The molecule has 1 aliphatic heterocycles. The van der Waals surface area contributed by atoms with Crippen LogP contribution in [-0.2, 0) is 6.18 Å². The van der Waals surface area contributed by atoms with Crippen molar-refractivity contribution in [3.63, 3.8) is 0 Å². The molecule has 0 saturated carbocycles. The minimum absolute atomic E-state index is 0.0342. The molecule has 2 N–H and O–H groups in total. The Labute approximate surface area is 122 Å². The first-order valence-corrected chi connectivity index (χ1v) is 6.95. The van der Waals surface area contributed by atoms with Gasteiger partial charge in [-0.1, -0.05) is 0 Å². The van der Waals surface area contributed by atoms with E-state index >= 15 is 0 Å². The molecule has 1 aromatic rings. The second kappa shape index (κ2) is 6.46. The third-order valence-corrected chi connectivity index (χ3v) is 3.53. The van der Waals surface area contributed by atoms with Crippen molar-refractivity contribution >= 4 is 11.8 Å². The molecule has 8 heteroatoms. The maximum absolute atomic E-state index is 12.8. The normalized spacial score (nSPS) is 20.3. The molecule has 2 heterocycles. The molecule has 0 amide bonds. The number of alkyl halides is 3. The van der Waals surface area contributed by atoms with Crippen molar-refractivity contribution in [1.82, 2.24) is 14.9 Å². The Morgan fingerprint density at radius 1 is 1.38 bits per heavy atom. The number of nitrogens with one attached hydrogen (secondary N) is 2. The smallest absolute Gasteiger partial charge is 0.370 e. The summed E-state index contributed by atoms with van der Waals surface area (Å²) in [5.74, 6) is 0.592. The molecular weight excluding hydrogens is 283 g/mol. The van der Waals surface area contributed by atoms with Crippen LogP contribution in [-0.4, -0.2) is 48.6 Å². The lowest BCUT2D eigenvalue weighted by atomic mass is 9.98. The molecule has 1 aliphatic rings. The van der Waals surface area contributed by atoms with Crippen LogP contribution in [0, 0.1) is 5.92 Å². The Morgan fingerprint density at radius 2 is 2.14 bits per heavy atom. The number of aromatic nitrogens is 2. The highest BCUT2D eigenvalue weighted by Crippen LogP contribution is 2.29. The summed E-state index contributed by atoms with van der Waals surface area (Å²) in [7, 11) is 3.55. The molecule has 0 aromatic carbocycles. The predicted octanol–water partition coefficient (Wildman–Crippen LogP) is 2.29. The van der Waals surface area contributed by atoms with Gasteiger partial charge in [-0.2, -0.15) is 18.2 Å². The molecule has 0 spiro atoms. The summed E-state index contributed by atoms with van der Waals surface area (Å²) in [5.41, 5.74) is -0.940. The first-order valence-electron chi connectivity index (χ1n) is 6.95. The summed E-state index contributed by atoms with van der Waals surface area (Å²) in [6.45, 7) is 2.64. The third kappa shape index (κ3) is 4.45. The minimum atomic E-state index is -4.48. The van der Waals surface area contributed by atoms with Crippen molar-refractivity contribution in [2.24, 2.45) is 5.92 Å². The van der Waals surface area contributed by atoms with E-state index in [1.165, 1.54) is 7.05 Å². The molecule has 1 unspecified atom stereocenters. The maximum Gasteiger partial charge on any atom is 0.433 e. The van der Waals surface area contributed by atoms with Crippen molar-refractivity contribution in [3.05, 3.63) is 11.8 Å². The summed E-state index contributed by atoms with van der Waals surface area (Å²) in [6.07, 6.45) is -2.29. The van der Waals surface area contributed by atoms with Crippen LogP contribution in [0.15, 0.2) is 6.07 Å². The maximum atomic E-state index is 12.8. The zero-order valence-corrected chi connectivity index (χ0v) is 12.2. The van der Waals surface area contributed by atoms with Crippen LogP contribution < -0.4 is 10.6 Å². The lowest BCUT2D eigenvalue weighted by molar-refractivity contribution is -0.141. The van der Waals surface area contributed by atoms with Gasteiger partial charge in [-0.15, -0.1) is 0 Å². The standard InChI is InChI=1S/C13H20F3N5/c1-17-12-19-10(13(14,15)16)6-11(20-12)18-7-9-4-3-5-21(2)8-9/h6,9H,3-5,7-8H2,1-2H3,(H2,17,18,19,20). The molecule has 118 valence electrons. The average molecular weight is 303 g/mol. The number of hydrogen-bond acceptors (Lipinski definition) is 5. The van der Waals surface area contributed by atoms with E-state index in [2.05, 4.69) is 32.5 Å². The van der Waals surface area contributed by atoms with Crippen LogP contribution in [0.2, 0.25) is 0 Å². The highest BCUT2D eigenvalue weighted by Gasteiger charge is 2.33. The zero-order chi connectivity index (χ0) is 15.5. The summed E-state index contributed by atoms with van der Waals surface area (Å²) < 4.78 is 38.3. The van der Waals surface area contributed by atoms with Crippen LogP contribution >= 0.6 is 0 Å². The Morgan fingerprint density at radius 3 is 2.76 bits per heavy atom. The van der Waals surface area contributed by atoms with E-state index in [-0.39, 0.29) is 11.8 Å². The van der Waals surface area contributed by atoms with Gasteiger partial charge in [-0.3, -0.25) is 0 Å². The van der Waals surface area contributed by atoms with Crippen molar-refractivity contribution < 1.29 is 13.2 Å². The SMILES string of the molecule is CNc1nc(NCC2CCCN(C)C2)cc(C(F)(F)F)n1. The number of nitrogens with zero attached hydrogens (tertiary/aromatic N) is 3. The fourth-order valence-corrected chi connectivity index (χ4v) is 2.48. The number of halogens is 3. The monoisotopic (exact) mass is 303 g/mol. The quantitative estimate of drug-likeness (QED) is 0.894. The van der Waals surface area contributed by atoms with Crippen molar-refractivity contribution in [2.45, 2.75) is 19.0 Å². The second-order valence-electron chi connectivity index (χ2n) is 5.36. The van der Waals surface area contributed by atoms with E-state index in [0.717, 1.165) is 32.0 Å². The van der Waals surface area contributed by atoms with Gasteiger partial charge >= 0.3 is 6.18 Å². The van der Waals surface area contributed by atoms with Crippen LogP contribution in [0.3, 0.4) is 0 Å². The molecule has 0 aliphatic carbocycles. The van der Waals surface area contributed by atoms with Gasteiger partial charge in [0.1, 0.15) is 5.82 Å². The molecule has 1 atom stereocenters. The van der Waals surface area contributed by atoms with Crippen LogP contribution in [0.1, 0.15) is 18.5 Å². The van der Waals surface area contributed by atoms with Gasteiger partial charge in [0, 0.05) is 26.2 Å². The van der Waals surface area contributed by atoms with Gasteiger partial charge in [-0.05, 0) is 32.4 Å².